The second kappa shape index (κ2) is 8.80. The average molecular weight is 416 g/mol. The molecule has 1 N–H and O–H groups in total. The van der Waals surface area contributed by atoms with E-state index in [1.165, 1.54) is 11.8 Å². The van der Waals surface area contributed by atoms with Gasteiger partial charge in [0.1, 0.15) is 0 Å². The third kappa shape index (κ3) is 4.56. The van der Waals surface area contributed by atoms with Gasteiger partial charge in [-0.25, -0.2) is 4.98 Å². The van der Waals surface area contributed by atoms with Gasteiger partial charge in [0.05, 0.1) is 16.2 Å². The normalized spacial score (nSPS) is 12.1. The summed E-state index contributed by atoms with van der Waals surface area (Å²) in [5, 5.41) is 4.07. The SMILES string of the molecule is CCCn1c(S[C@@H](C)C(=O)Nc2cccc(C)c2)nc2cc(Cl)ccc2c1=O. The molecule has 1 heterocycles. The number of anilines is 1. The van der Waals surface area contributed by atoms with Crippen molar-refractivity contribution < 1.29 is 4.79 Å². The van der Waals surface area contributed by atoms with Crippen molar-refractivity contribution in [3.05, 3.63) is 63.4 Å². The Morgan fingerprint density at radius 1 is 1.29 bits per heavy atom. The summed E-state index contributed by atoms with van der Waals surface area (Å²) in [6, 6.07) is 12.7. The Hall–Kier alpha value is -2.31. The number of nitrogens with zero attached hydrogens (tertiary/aromatic N) is 2. The molecule has 2 aromatic carbocycles. The van der Waals surface area contributed by atoms with E-state index in [0.717, 1.165) is 17.7 Å². The minimum absolute atomic E-state index is 0.114. The quantitative estimate of drug-likeness (QED) is 0.460. The molecule has 0 fully saturated rings. The van der Waals surface area contributed by atoms with Crippen LogP contribution in [0.3, 0.4) is 0 Å². The number of fused-ring (bicyclic) bond motifs is 1. The minimum Gasteiger partial charge on any atom is -0.325 e. The van der Waals surface area contributed by atoms with Crippen molar-refractivity contribution in [2.45, 2.75) is 44.1 Å². The molecule has 0 saturated carbocycles. The number of aryl methyl sites for hydroxylation is 1. The highest BCUT2D eigenvalue weighted by molar-refractivity contribution is 8.00. The monoisotopic (exact) mass is 415 g/mol. The maximum absolute atomic E-state index is 12.9. The second-order valence-corrected chi connectivity index (χ2v) is 8.38. The molecule has 0 unspecified atom stereocenters. The number of halogens is 1. The van der Waals surface area contributed by atoms with Crippen LogP contribution in [0.25, 0.3) is 10.9 Å². The Morgan fingerprint density at radius 3 is 2.79 bits per heavy atom. The van der Waals surface area contributed by atoms with Gasteiger partial charge >= 0.3 is 0 Å². The fourth-order valence-corrected chi connectivity index (χ4v) is 3.96. The molecule has 0 bridgehead atoms. The van der Waals surface area contributed by atoms with E-state index >= 15 is 0 Å². The Labute approximate surface area is 173 Å². The standard InChI is InChI=1S/C21H22ClN3O2S/c1-4-10-25-20(27)17-9-8-15(22)12-18(17)24-21(25)28-14(3)19(26)23-16-7-5-6-13(2)11-16/h5-9,11-12,14H,4,10H2,1-3H3,(H,23,26)/t14-/m0/s1. The second-order valence-electron chi connectivity index (χ2n) is 6.63. The van der Waals surface area contributed by atoms with Crippen LogP contribution in [0, 0.1) is 6.92 Å². The lowest BCUT2D eigenvalue weighted by Crippen LogP contribution is -2.27. The molecule has 5 nitrogen and oxygen atoms in total. The fourth-order valence-electron chi connectivity index (χ4n) is 2.86. The number of carbonyl (C=O) groups excluding carboxylic acids is 1. The first-order chi connectivity index (χ1) is 13.4. The van der Waals surface area contributed by atoms with Crippen LogP contribution in [0.2, 0.25) is 5.02 Å². The van der Waals surface area contributed by atoms with E-state index in [9.17, 15) is 9.59 Å². The van der Waals surface area contributed by atoms with Crippen molar-refractivity contribution in [3.63, 3.8) is 0 Å². The molecule has 7 heteroatoms. The zero-order valence-corrected chi connectivity index (χ0v) is 17.6. The Kier molecular flexibility index (Phi) is 6.42. The number of hydrogen-bond acceptors (Lipinski definition) is 4. The van der Waals surface area contributed by atoms with Crippen LogP contribution in [0.5, 0.6) is 0 Å². The van der Waals surface area contributed by atoms with Crippen LogP contribution in [0.4, 0.5) is 5.69 Å². The van der Waals surface area contributed by atoms with Gasteiger partial charge in [0.15, 0.2) is 5.16 Å². The Balaban J connectivity index is 1.90. The highest BCUT2D eigenvalue weighted by atomic mass is 35.5. The first-order valence-corrected chi connectivity index (χ1v) is 10.4. The summed E-state index contributed by atoms with van der Waals surface area (Å²) in [4.78, 5) is 30.1. The summed E-state index contributed by atoms with van der Waals surface area (Å²) >= 11 is 7.34. The van der Waals surface area contributed by atoms with Gasteiger partial charge in [-0.2, -0.15) is 0 Å². The molecule has 3 aromatic rings. The number of aromatic nitrogens is 2. The number of thioether (sulfide) groups is 1. The number of carbonyl (C=O) groups is 1. The van der Waals surface area contributed by atoms with E-state index in [4.69, 9.17) is 11.6 Å². The summed E-state index contributed by atoms with van der Waals surface area (Å²) in [5.74, 6) is -0.140. The average Bonchev–Trinajstić information content (AvgIpc) is 2.64. The maximum Gasteiger partial charge on any atom is 0.262 e. The molecule has 0 aliphatic heterocycles. The molecule has 1 aromatic heterocycles. The minimum atomic E-state index is -0.424. The maximum atomic E-state index is 12.9. The molecule has 146 valence electrons. The Bertz CT molecular complexity index is 1080. The predicted octanol–water partition coefficient (Wildman–Crippen LogP) is 4.89. The molecule has 0 aliphatic rings. The van der Waals surface area contributed by atoms with E-state index < -0.39 is 5.25 Å². The fraction of sp³-hybridized carbons (Fsp3) is 0.286. The van der Waals surface area contributed by atoms with Crippen molar-refractivity contribution in [2.24, 2.45) is 0 Å². The Morgan fingerprint density at radius 2 is 2.07 bits per heavy atom. The number of amides is 1. The van der Waals surface area contributed by atoms with Crippen molar-refractivity contribution in [1.29, 1.82) is 0 Å². The molecule has 1 amide bonds. The van der Waals surface area contributed by atoms with Gasteiger partial charge < -0.3 is 5.32 Å². The van der Waals surface area contributed by atoms with Crippen LogP contribution in [-0.2, 0) is 11.3 Å². The van der Waals surface area contributed by atoms with E-state index in [2.05, 4.69) is 10.3 Å². The first-order valence-electron chi connectivity index (χ1n) is 9.13. The van der Waals surface area contributed by atoms with Crippen LogP contribution < -0.4 is 10.9 Å². The lowest BCUT2D eigenvalue weighted by atomic mass is 10.2. The highest BCUT2D eigenvalue weighted by Gasteiger charge is 2.19. The number of benzene rings is 2. The molecule has 0 aliphatic carbocycles. The van der Waals surface area contributed by atoms with E-state index in [-0.39, 0.29) is 11.5 Å². The van der Waals surface area contributed by atoms with Gasteiger partial charge in [-0.15, -0.1) is 0 Å². The van der Waals surface area contributed by atoms with Gasteiger partial charge in [-0.1, -0.05) is 42.4 Å². The van der Waals surface area contributed by atoms with E-state index in [1.807, 2.05) is 38.1 Å². The van der Waals surface area contributed by atoms with E-state index in [0.29, 0.717) is 27.6 Å². The largest absolute Gasteiger partial charge is 0.325 e. The molecule has 0 spiro atoms. The van der Waals surface area contributed by atoms with Crippen molar-refractivity contribution >= 4 is 45.9 Å². The summed E-state index contributed by atoms with van der Waals surface area (Å²) in [5.41, 5.74) is 2.25. The first kappa shape index (κ1) is 20.4. The third-order valence-electron chi connectivity index (χ3n) is 4.27. The number of nitrogens with one attached hydrogen (secondary N) is 1. The van der Waals surface area contributed by atoms with Gasteiger partial charge in [-0.05, 0) is 56.2 Å². The zero-order chi connectivity index (χ0) is 20.3. The van der Waals surface area contributed by atoms with Gasteiger partial charge in [0.25, 0.3) is 5.56 Å². The third-order valence-corrected chi connectivity index (χ3v) is 5.59. The molecule has 3 rings (SSSR count). The van der Waals surface area contributed by atoms with Gasteiger partial charge in [0, 0.05) is 17.3 Å². The molecular formula is C21H22ClN3O2S. The summed E-state index contributed by atoms with van der Waals surface area (Å²) in [6.07, 6.45) is 0.790. The van der Waals surface area contributed by atoms with Crippen molar-refractivity contribution in [2.75, 3.05) is 5.32 Å². The lowest BCUT2D eigenvalue weighted by molar-refractivity contribution is -0.115. The predicted molar refractivity (Wildman–Crippen MR) is 116 cm³/mol. The van der Waals surface area contributed by atoms with Gasteiger partial charge in [0.2, 0.25) is 5.91 Å². The summed E-state index contributed by atoms with van der Waals surface area (Å²) < 4.78 is 1.64. The van der Waals surface area contributed by atoms with Crippen LogP contribution in [-0.4, -0.2) is 20.7 Å². The molecule has 0 saturated heterocycles. The molecule has 0 radical (unpaired) electrons. The van der Waals surface area contributed by atoms with Crippen LogP contribution in [0.1, 0.15) is 25.8 Å². The van der Waals surface area contributed by atoms with Crippen molar-refractivity contribution in [3.8, 4) is 0 Å². The summed E-state index contributed by atoms with van der Waals surface area (Å²) in [6.45, 7) is 6.32. The lowest BCUT2D eigenvalue weighted by Gasteiger charge is -2.16. The van der Waals surface area contributed by atoms with Crippen LogP contribution >= 0.6 is 23.4 Å². The van der Waals surface area contributed by atoms with E-state index in [1.54, 1.807) is 29.7 Å². The molecule has 28 heavy (non-hydrogen) atoms. The molecular weight excluding hydrogens is 394 g/mol. The molecule has 1 atom stereocenters. The van der Waals surface area contributed by atoms with Crippen molar-refractivity contribution in [1.82, 2.24) is 9.55 Å². The smallest absolute Gasteiger partial charge is 0.262 e. The number of hydrogen-bond donors (Lipinski definition) is 1. The number of rotatable bonds is 6. The highest BCUT2D eigenvalue weighted by Crippen LogP contribution is 2.25. The summed E-state index contributed by atoms with van der Waals surface area (Å²) in [7, 11) is 0. The van der Waals surface area contributed by atoms with Crippen LogP contribution in [0.15, 0.2) is 52.4 Å². The topological polar surface area (TPSA) is 64.0 Å². The zero-order valence-electron chi connectivity index (χ0n) is 16.0. The van der Waals surface area contributed by atoms with Gasteiger partial charge in [-0.3, -0.25) is 14.2 Å².